The standard InChI is InChI=1S/C21H25NO4/c1-21(2,3)22-20(25)15-8-5-7-14(11-15)12-16(23)13-17-18(24)9-6-10-19(17)26-4/h5-11,24H,12-13H2,1-4H3,(H,22,25). The Morgan fingerprint density at radius 2 is 1.77 bits per heavy atom. The quantitative estimate of drug-likeness (QED) is 0.834. The van der Waals surface area contributed by atoms with E-state index in [1.54, 1.807) is 30.3 Å². The van der Waals surface area contributed by atoms with Crippen LogP contribution in [0, 0.1) is 0 Å². The number of hydrogen-bond acceptors (Lipinski definition) is 4. The average molecular weight is 355 g/mol. The molecule has 5 heteroatoms. The maximum Gasteiger partial charge on any atom is 0.251 e. The van der Waals surface area contributed by atoms with Crippen molar-refractivity contribution in [1.82, 2.24) is 5.32 Å². The van der Waals surface area contributed by atoms with Crippen LogP contribution < -0.4 is 10.1 Å². The predicted molar refractivity (Wildman–Crippen MR) is 101 cm³/mol. The smallest absolute Gasteiger partial charge is 0.251 e. The van der Waals surface area contributed by atoms with Gasteiger partial charge in [0.25, 0.3) is 5.91 Å². The lowest BCUT2D eigenvalue weighted by atomic mass is 9.99. The van der Waals surface area contributed by atoms with Crippen molar-refractivity contribution in [3.63, 3.8) is 0 Å². The molecule has 0 aromatic heterocycles. The second kappa shape index (κ2) is 8.04. The first-order valence-corrected chi connectivity index (χ1v) is 8.47. The molecule has 0 heterocycles. The molecule has 2 N–H and O–H groups in total. The molecule has 0 spiro atoms. The van der Waals surface area contributed by atoms with E-state index < -0.39 is 0 Å². The number of carbonyl (C=O) groups is 2. The Morgan fingerprint density at radius 3 is 2.42 bits per heavy atom. The van der Waals surface area contributed by atoms with Gasteiger partial charge in [-0.05, 0) is 50.6 Å². The van der Waals surface area contributed by atoms with Crippen molar-refractivity contribution in [2.24, 2.45) is 0 Å². The zero-order valence-corrected chi connectivity index (χ0v) is 15.6. The second-order valence-corrected chi connectivity index (χ2v) is 7.25. The fourth-order valence-corrected chi connectivity index (χ4v) is 2.65. The predicted octanol–water partition coefficient (Wildman–Crippen LogP) is 3.28. The van der Waals surface area contributed by atoms with Gasteiger partial charge in [0.1, 0.15) is 17.3 Å². The summed E-state index contributed by atoms with van der Waals surface area (Å²) in [5, 5.41) is 12.9. The Morgan fingerprint density at radius 1 is 1.08 bits per heavy atom. The van der Waals surface area contributed by atoms with E-state index in [2.05, 4.69) is 5.32 Å². The second-order valence-electron chi connectivity index (χ2n) is 7.25. The number of benzene rings is 2. The average Bonchev–Trinajstić information content (AvgIpc) is 2.55. The van der Waals surface area contributed by atoms with Crippen molar-refractivity contribution in [2.45, 2.75) is 39.2 Å². The summed E-state index contributed by atoms with van der Waals surface area (Å²) in [5.74, 6) is 0.278. The van der Waals surface area contributed by atoms with Gasteiger partial charge in [-0.25, -0.2) is 0 Å². The maximum atomic E-state index is 12.4. The first-order valence-electron chi connectivity index (χ1n) is 8.47. The summed E-state index contributed by atoms with van der Waals surface area (Å²) in [6.45, 7) is 5.74. The van der Waals surface area contributed by atoms with Gasteiger partial charge in [0.15, 0.2) is 0 Å². The lowest BCUT2D eigenvalue weighted by Gasteiger charge is -2.20. The minimum absolute atomic E-state index is 0.0380. The van der Waals surface area contributed by atoms with E-state index in [0.717, 1.165) is 5.56 Å². The zero-order valence-electron chi connectivity index (χ0n) is 15.6. The first-order chi connectivity index (χ1) is 12.2. The highest BCUT2D eigenvalue weighted by atomic mass is 16.5. The minimum atomic E-state index is -0.329. The molecule has 0 fully saturated rings. The van der Waals surface area contributed by atoms with E-state index in [9.17, 15) is 14.7 Å². The van der Waals surface area contributed by atoms with E-state index in [4.69, 9.17) is 4.74 Å². The Balaban J connectivity index is 2.11. The van der Waals surface area contributed by atoms with Crippen LogP contribution in [0.4, 0.5) is 0 Å². The Bertz CT molecular complexity index is 806. The van der Waals surface area contributed by atoms with E-state index >= 15 is 0 Å². The molecule has 5 nitrogen and oxygen atoms in total. The number of ether oxygens (including phenoxy) is 1. The highest BCUT2D eigenvalue weighted by molar-refractivity contribution is 5.95. The van der Waals surface area contributed by atoms with Gasteiger partial charge in [-0.3, -0.25) is 9.59 Å². The Kier molecular flexibility index (Phi) is 6.03. The van der Waals surface area contributed by atoms with Crippen molar-refractivity contribution in [3.8, 4) is 11.5 Å². The summed E-state index contributed by atoms with van der Waals surface area (Å²) >= 11 is 0. The van der Waals surface area contributed by atoms with E-state index in [1.165, 1.54) is 13.2 Å². The normalized spacial score (nSPS) is 11.1. The van der Waals surface area contributed by atoms with Gasteiger partial charge in [0.2, 0.25) is 0 Å². The molecule has 138 valence electrons. The van der Waals surface area contributed by atoms with Crippen LogP contribution in [0.2, 0.25) is 0 Å². The third-order valence-corrected chi connectivity index (χ3v) is 3.78. The number of aromatic hydroxyl groups is 1. The maximum absolute atomic E-state index is 12.4. The molecule has 26 heavy (non-hydrogen) atoms. The van der Waals surface area contributed by atoms with Crippen molar-refractivity contribution in [1.29, 1.82) is 0 Å². The number of amides is 1. The van der Waals surface area contributed by atoms with Crippen LogP contribution in [0.15, 0.2) is 42.5 Å². The highest BCUT2D eigenvalue weighted by Crippen LogP contribution is 2.28. The van der Waals surface area contributed by atoms with Gasteiger partial charge in [-0.15, -0.1) is 0 Å². The number of phenolic OH excluding ortho intramolecular Hbond substituents is 1. The molecule has 0 atom stereocenters. The monoisotopic (exact) mass is 355 g/mol. The number of phenols is 1. The number of hydrogen-bond donors (Lipinski definition) is 2. The molecule has 0 aliphatic heterocycles. The third-order valence-electron chi connectivity index (χ3n) is 3.78. The van der Waals surface area contributed by atoms with Crippen LogP contribution in [0.25, 0.3) is 0 Å². The molecular formula is C21H25NO4. The molecule has 0 radical (unpaired) electrons. The lowest BCUT2D eigenvalue weighted by Crippen LogP contribution is -2.40. The van der Waals surface area contributed by atoms with Crippen molar-refractivity contribution >= 4 is 11.7 Å². The molecule has 0 unspecified atom stereocenters. The largest absolute Gasteiger partial charge is 0.508 e. The summed E-state index contributed by atoms with van der Waals surface area (Å²) in [6, 6.07) is 11.9. The Hall–Kier alpha value is -2.82. The zero-order chi connectivity index (χ0) is 19.3. The SMILES string of the molecule is COc1cccc(O)c1CC(=O)Cc1cccc(C(=O)NC(C)(C)C)c1. The molecule has 0 bridgehead atoms. The summed E-state index contributed by atoms with van der Waals surface area (Å²) in [6.07, 6.45) is 0.238. The minimum Gasteiger partial charge on any atom is -0.508 e. The van der Waals surface area contributed by atoms with Gasteiger partial charge in [0, 0.05) is 29.5 Å². The number of rotatable bonds is 6. The molecule has 0 aliphatic carbocycles. The van der Waals surface area contributed by atoms with Gasteiger partial charge >= 0.3 is 0 Å². The lowest BCUT2D eigenvalue weighted by molar-refractivity contribution is -0.117. The highest BCUT2D eigenvalue weighted by Gasteiger charge is 2.17. The Labute approximate surface area is 154 Å². The first kappa shape index (κ1) is 19.5. The number of methoxy groups -OCH3 is 1. The summed E-state index contributed by atoms with van der Waals surface area (Å²) in [7, 11) is 1.50. The molecule has 2 aromatic carbocycles. The van der Waals surface area contributed by atoms with Crippen LogP contribution in [0.3, 0.4) is 0 Å². The topological polar surface area (TPSA) is 75.6 Å². The summed E-state index contributed by atoms with van der Waals surface area (Å²) < 4.78 is 5.21. The summed E-state index contributed by atoms with van der Waals surface area (Å²) in [4.78, 5) is 24.7. The van der Waals surface area contributed by atoms with Crippen LogP contribution in [0.5, 0.6) is 11.5 Å². The molecule has 0 saturated heterocycles. The van der Waals surface area contributed by atoms with Gasteiger partial charge < -0.3 is 15.2 Å². The van der Waals surface area contributed by atoms with Crippen LogP contribution in [-0.4, -0.2) is 29.4 Å². The van der Waals surface area contributed by atoms with Gasteiger partial charge in [-0.1, -0.05) is 18.2 Å². The van der Waals surface area contributed by atoms with E-state index in [1.807, 2.05) is 26.8 Å². The molecule has 0 aliphatic rings. The number of Topliss-reactive ketones (excluding diaryl/α,β-unsaturated/α-hetero) is 1. The van der Waals surface area contributed by atoms with Crippen LogP contribution in [-0.2, 0) is 17.6 Å². The fraction of sp³-hybridized carbons (Fsp3) is 0.333. The van der Waals surface area contributed by atoms with Crippen LogP contribution in [0.1, 0.15) is 42.3 Å². The molecule has 2 rings (SSSR count). The number of carbonyl (C=O) groups excluding carboxylic acids is 2. The number of nitrogens with one attached hydrogen (secondary N) is 1. The van der Waals surface area contributed by atoms with Gasteiger partial charge in [0.05, 0.1) is 7.11 Å². The molecule has 1 amide bonds. The molecular weight excluding hydrogens is 330 g/mol. The van der Waals surface area contributed by atoms with Crippen molar-refractivity contribution in [3.05, 3.63) is 59.2 Å². The molecule has 0 saturated carbocycles. The molecule has 2 aromatic rings. The third kappa shape index (κ3) is 5.34. The number of ketones is 1. The summed E-state index contributed by atoms with van der Waals surface area (Å²) in [5.41, 5.74) is 1.42. The van der Waals surface area contributed by atoms with Crippen molar-refractivity contribution in [2.75, 3.05) is 7.11 Å². The van der Waals surface area contributed by atoms with Crippen LogP contribution >= 0.6 is 0 Å². The van der Waals surface area contributed by atoms with E-state index in [0.29, 0.717) is 16.9 Å². The van der Waals surface area contributed by atoms with Crippen molar-refractivity contribution < 1.29 is 19.4 Å². The fourth-order valence-electron chi connectivity index (χ4n) is 2.65. The van der Waals surface area contributed by atoms with E-state index in [-0.39, 0.29) is 35.8 Å². The van der Waals surface area contributed by atoms with Gasteiger partial charge in [-0.2, -0.15) is 0 Å².